The fourth-order valence-electron chi connectivity index (χ4n) is 6.96. The summed E-state index contributed by atoms with van der Waals surface area (Å²) in [7, 11) is 3.51. The molecular formula is C42H44N6O4. The largest absolute Gasteiger partial charge is 0.329 e. The van der Waals surface area contributed by atoms with Crippen LogP contribution in [0.1, 0.15) is 60.0 Å². The monoisotopic (exact) mass is 696 g/mol. The van der Waals surface area contributed by atoms with Crippen LogP contribution in [0.4, 0.5) is 11.4 Å². The Morgan fingerprint density at radius 1 is 0.558 bits per heavy atom. The predicted octanol–water partition coefficient (Wildman–Crippen LogP) is 4.87. The standard InChI is InChI=1S/C42H44N6O4/c1-43-37(31-11-5-3-6-12-31)41(51)47-27-9-15-35(47)39(49)45-33-23-19-29(20-24-33)17-18-30-21-25-34(26-22-30)46-40(50)36-16-10-28-48(36)42(52)38(44-2)32-13-7-4-8-14-32/h3-8,11-14,19-26,35-38,43-44H,9-10,15-16,27-28H2,1-2H3,(H,45,49)(H,46,50)/t35-,36-,37+,38+/m0/s1. The maximum atomic E-state index is 13.4. The lowest BCUT2D eigenvalue weighted by Gasteiger charge is -2.28. The van der Waals surface area contributed by atoms with Gasteiger partial charge in [0.1, 0.15) is 24.2 Å². The molecule has 4 aromatic rings. The zero-order valence-corrected chi connectivity index (χ0v) is 29.5. The Labute approximate surface area is 305 Å². The summed E-state index contributed by atoms with van der Waals surface area (Å²) in [5, 5.41) is 12.1. The van der Waals surface area contributed by atoms with Crippen LogP contribution >= 0.6 is 0 Å². The molecule has 2 fully saturated rings. The van der Waals surface area contributed by atoms with E-state index < -0.39 is 24.2 Å². The fourth-order valence-corrected chi connectivity index (χ4v) is 6.96. The van der Waals surface area contributed by atoms with Crippen LogP contribution in [-0.4, -0.2) is 72.7 Å². The second-order valence-electron chi connectivity index (χ2n) is 13.0. The first-order valence-electron chi connectivity index (χ1n) is 17.8. The average molecular weight is 697 g/mol. The Balaban J connectivity index is 1.02. The summed E-state index contributed by atoms with van der Waals surface area (Å²) >= 11 is 0. The normalized spacial score (nSPS) is 17.8. The summed E-state index contributed by atoms with van der Waals surface area (Å²) in [6, 6.07) is 31.5. The highest BCUT2D eigenvalue weighted by molar-refractivity contribution is 5.99. The molecule has 0 aromatic heterocycles. The van der Waals surface area contributed by atoms with E-state index in [1.165, 1.54) is 0 Å². The summed E-state index contributed by atoms with van der Waals surface area (Å²) in [5.74, 6) is 5.66. The molecule has 0 spiro atoms. The zero-order chi connectivity index (χ0) is 36.5. The minimum atomic E-state index is -0.538. The Kier molecular flexibility index (Phi) is 11.8. The van der Waals surface area contributed by atoms with Gasteiger partial charge >= 0.3 is 0 Å². The average Bonchev–Trinajstić information content (AvgIpc) is 3.88. The quantitative estimate of drug-likeness (QED) is 0.176. The Hall–Kier alpha value is -5.76. The first-order chi connectivity index (χ1) is 25.4. The van der Waals surface area contributed by atoms with E-state index in [1.54, 1.807) is 48.2 Å². The molecule has 2 aliphatic rings. The number of rotatable bonds is 10. The third-order valence-electron chi connectivity index (χ3n) is 9.67. The van der Waals surface area contributed by atoms with E-state index in [9.17, 15) is 19.2 Å². The molecule has 10 heteroatoms. The first-order valence-corrected chi connectivity index (χ1v) is 17.8. The number of hydrogen-bond donors (Lipinski definition) is 4. The molecule has 0 unspecified atom stereocenters. The maximum absolute atomic E-state index is 13.4. The first kappa shape index (κ1) is 36.0. The number of nitrogens with one attached hydrogen (secondary N) is 4. The molecule has 10 nitrogen and oxygen atoms in total. The number of carbonyl (C=O) groups excluding carboxylic acids is 4. The van der Waals surface area contributed by atoms with E-state index in [0.29, 0.717) is 37.3 Å². The van der Waals surface area contributed by atoms with Gasteiger partial charge in [0, 0.05) is 35.6 Å². The highest BCUT2D eigenvalue weighted by Gasteiger charge is 2.38. The third kappa shape index (κ3) is 8.40. The Morgan fingerprint density at radius 3 is 1.27 bits per heavy atom. The fraction of sp³-hybridized carbons (Fsp3) is 0.286. The van der Waals surface area contributed by atoms with Gasteiger partial charge in [0.05, 0.1) is 0 Å². The van der Waals surface area contributed by atoms with Crippen molar-refractivity contribution in [1.82, 2.24) is 20.4 Å². The van der Waals surface area contributed by atoms with Crippen molar-refractivity contribution < 1.29 is 19.2 Å². The van der Waals surface area contributed by atoms with Gasteiger partial charge in [-0.1, -0.05) is 72.5 Å². The van der Waals surface area contributed by atoms with Crippen LogP contribution in [0, 0.1) is 11.8 Å². The topological polar surface area (TPSA) is 123 Å². The van der Waals surface area contributed by atoms with E-state index in [2.05, 4.69) is 33.1 Å². The molecule has 2 saturated heterocycles. The summed E-state index contributed by atoms with van der Waals surface area (Å²) in [6.07, 6.45) is 2.76. The smallest absolute Gasteiger partial charge is 0.247 e. The van der Waals surface area contributed by atoms with Crippen LogP contribution in [0.3, 0.4) is 0 Å². The minimum Gasteiger partial charge on any atom is -0.329 e. The SMILES string of the molecule is CN[C@@H](C(=O)N1CCC[C@H]1C(=O)Nc1ccc(C#Cc2ccc(NC(=O)[C@@H]3CCCN3C(=O)[C@H](NC)c3ccccc3)cc2)cc1)c1ccccc1. The number of likely N-dealkylation sites (N-methyl/N-ethyl adjacent to an activating group) is 2. The van der Waals surface area contributed by atoms with E-state index in [4.69, 9.17) is 0 Å². The van der Waals surface area contributed by atoms with E-state index in [1.807, 2.05) is 84.9 Å². The number of likely N-dealkylation sites (tertiary alicyclic amines) is 2. The van der Waals surface area contributed by atoms with Crippen molar-refractivity contribution >= 4 is 35.0 Å². The Bertz CT molecular complexity index is 1780. The van der Waals surface area contributed by atoms with Crippen molar-refractivity contribution in [3.8, 4) is 11.8 Å². The minimum absolute atomic E-state index is 0.110. The van der Waals surface area contributed by atoms with Gasteiger partial charge < -0.3 is 31.1 Å². The van der Waals surface area contributed by atoms with Crippen LogP contribution in [0.5, 0.6) is 0 Å². The van der Waals surface area contributed by atoms with Gasteiger partial charge in [-0.25, -0.2) is 0 Å². The molecular weight excluding hydrogens is 652 g/mol. The lowest BCUT2D eigenvalue weighted by Crippen LogP contribution is -2.47. The van der Waals surface area contributed by atoms with Gasteiger partial charge in [-0.05, 0) is 99.4 Å². The lowest BCUT2D eigenvalue weighted by molar-refractivity contribution is -0.138. The van der Waals surface area contributed by atoms with Gasteiger partial charge in [-0.2, -0.15) is 0 Å². The molecule has 2 heterocycles. The molecule has 0 bridgehead atoms. The van der Waals surface area contributed by atoms with Crippen LogP contribution < -0.4 is 21.3 Å². The van der Waals surface area contributed by atoms with E-state index in [0.717, 1.165) is 35.1 Å². The molecule has 2 aliphatic heterocycles. The number of benzene rings is 4. The number of anilines is 2. The van der Waals surface area contributed by atoms with Crippen molar-refractivity contribution in [2.24, 2.45) is 0 Å². The van der Waals surface area contributed by atoms with Crippen molar-refractivity contribution in [3.05, 3.63) is 131 Å². The van der Waals surface area contributed by atoms with E-state index >= 15 is 0 Å². The summed E-state index contributed by atoms with van der Waals surface area (Å²) in [4.78, 5) is 56.8. The maximum Gasteiger partial charge on any atom is 0.247 e. The summed E-state index contributed by atoms with van der Waals surface area (Å²) < 4.78 is 0. The molecule has 0 aliphatic carbocycles. The molecule has 4 atom stereocenters. The number of carbonyl (C=O) groups is 4. The molecule has 0 saturated carbocycles. The zero-order valence-electron chi connectivity index (χ0n) is 29.5. The second-order valence-corrected chi connectivity index (χ2v) is 13.0. The summed E-state index contributed by atoms with van der Waals surface area (Å²) in [6.45, 7) is 1.08. The van der Waals surface area contributed by atoms with Crippen LogP contribution in [0.15, 0.2) is 109 Å². The number of nitrogens with zero attached hydrogens (tertiary/aromatic N) is 2. The van der Waals surface area contributed by atoms with Gasteiger partial charge in [0.2, 0.25) is 23.6 Å². The number of amides is 4. The highest BCUT2D eigenvalue weighted by atomic mass is 16.2. The van der Waals surface area contributed by atoms with Gasteiger partial charge in [0.25, 0.3) is 0 Å². The summed E-state index contributed by atoms with van der Waals surface area (Å²) in [5.41, 5.74) is 4.54. The molecule has 52 heavy (non-hydrogen) atoms. The van der Waals surface area contributed by atoms with Crippen molar-refractivity contribution in [2.75, 3.05) is 37.8 Å². The van der Waals surface area contributed by atoms with Crippen LogP contribution in [0.2, 0.25) is 0 Å². The predicted molar refractivity (Wildman–Crippen MR) is 202 cm³/mol. The highest BCUT2D eigenvalue weighted by Crippen LogP contribution is 2.26. The van der Waals surface area contributed by atoms with Crippen molar-refractivity contribution in [1.29, 1.82) is 0 Å². The molecule has 4 aromatic carbocycles. The van der Waals surface area contributed by atoms with Crippen LogP contribution in [0.25, 0.3) is 0 Å². The van der Waals surface area contributed by atoms with Crippen molar-refractivity contribution in [3.63, 3.8) is 0 Å². The molecule has 0 radical (unpaired) electrons. The molecule has 6 rings (SSSR count). The molecule has 266 valence electrons. The van der Waals surface area contributed by atoms with Gasteiger partial charge in [-0.15, -0.1) is 0 Å². The van der Waals surface area contributed by atoms with Crippen LogP contribution in [-0.2, 0) is 19.2 Å². The van der Waals surface area contributed by atoms with Gasteiger partial charge in [-0.3, -0.25) is 19.2 Å². The number of hydrogen-bond acceptors (Lipinski definition) is 6. The molecule has 4 N–H and O–H groups in total. The second kappa shape index (κ2) is 17.0. The molecule has 4 amide bonds. The van der Waals surface area contributed by atoms with Gasteiger partial charge in [0.15, 0.2) is 0 Å². The van der Waals surface area contributed by atoms with Crippen molar-refractivity contribution in [2.45, 2.75) is 49.9 Å². The third-order valence-corrected chi connectivity index (χ3v) is 9.67. The van der Waals surface area contributed by atoms with E-state index in [-0.39, 0.29) is 23.6 Å². The lowest BCUT2D eigenvalue weighted by atomic mass is 10.1. The Morgan fingerprint density at radius 2 is 0.923 bits per heavy atom.